The number of benzene rings is 2. The van der Waals surface area contributed by atoms with Crippen LogP contribution in [0.1, 0.15) is 24.1 Å². The van der Waals surface area contributed by atoms with Gasteiger partial charge >= 0.3 is 0 Å². The summed E-state index contributed by atoms with van der Waals surface area (Å²) in [6, 6.07) is 11.0. The SMILES string of the molecule is COc1ccc(C(C)NCc2cc(Br)ccc2F)cc1Br. The van der Waals surface area contributed by atoms with Crippen molar-refractivity contribution >= 4 is 31.9 Å². The van der Waals surface area contributed by atoms with Crippen molar-refractivity contribution in [3.63, 3.8) is 0 Å². The fourth-order valence-corrected chi connectivity index (χ4v) is 2.98. The van der Waals surface area contributed by atoms with Crippen LogP contribution in [0.2, 0.25) is 0 Å². The molecule has 0 amide bonds. The Balaban J connectivity index is 2.06. The molecule has 0 aliphatic heterocycles. The molecule has 0 heterocycles. The zero-order chi connectivity index (χ0) is 15.4. The third-order valence-corrected chi connectivity index (χ3v) is 4.40. The van der Waals surface area contributed by atoms with Crippen molar-refractivity contribution in [2.45, 2.75) is 19.5 Å². The highest BCUT2D eigenvalue weighted by molar-refractivity contribution is 9.10. The highest BCUT2D eigenvalue weighted by Crippen LogP contribution is 2.28. The third-order valence-electron chi connectivity index (χ3n) is 3.28. The molecule has 2 rings (SSSR count). The first-order chi connectivity index (χ1) is 10.0. The minimum Gasteiger partial charge on any atom is -0.496 e. The van der Waals surface area contributed by atoms with Crippen molar-refractivity contribution in [3.05, 3.63) is 62.3 Å². The first-order valence-corrected chi connectivity index (χ1v) is 8.10. The molecule has 0 spiro atoms. The van der Waals surface area contributed by atoms with E-state index in [9.17, 15) is 4.39 Å². The maximum atomic E-state index is 13.7. The molecule has 0 saturated heterocycles. The predicted molar refractivity (Wildman–Crippen MR) is 90.0 cm³/mol. The molecular weight excluding hydrogens is 401 g/mol. The second-order valence-corrected chi connectivity index (χ2v) is 6.50. The second kappa shape index (κ2) is 7.38. The largest absolute Gasteiger partial charge is 0.496 e. The summed E-state index contributed by atoms with van der Waals surface area (Å²) < 4.78 is 20.7. The minimum atomic E-state index is -0.200. The van der Waals surface area contributed by atoms with Crippen LogP contribution in [0.15, 0.2) is 45.3 Å². The Morgan fingerprint density at radius 3 is 2.62 bits per heavy atom. The number of rotatable bonds is 5. The molecule has 1 atom stereocenters. The van der Waals surface area contributed by atoms with E-state index in [1.807, 2.05) is 25.1 Å². The highest BCUT2D eigenvalue weighted by atomic mass is 79.9. The van der Waals surface area contributed by atoms with Crippen molar-refractivity contribution in [2.75, 3.05) is 7.11 Å². The molecule has 1 unspecified atom stereocenters. The van der Waals surface area contributed by atoms with Crippen molar-refractivity contribution in [3.8, 4) is 5.75 Å². The predicted octanol–water partition coefficient (Wildman–Crippen LogP) is 5.21. The standard InChI is InChI=1S/C16H16Br2FNO/c1-10(11-3-6-16(21-2)14(18)8-11)20-9-12-7-13(17)4-5-15(12)19/h3-8,10,20H,9H2,1-2H3. The summed E-state index contributed by atoms with van der Waals surface area (Å²) in [5, 5.41) is 3.33. The number of hydrogen-bond donors (Lipinski definition) is 1. The van der Waals surface area contributed by atoms with Gasteiger partial charge in [-0.3, -0.25) is 0 Å². The maximum Gasteiger partial charge on any atom is 0.133 e. The number of methoxy groups -OCH3 is 1. The van der Waals surface area contributed by atoms with Crippen LogP contribution in [-0.4, -0.2) is 7.11 Å². The summed E-state index contributed by atoms with van der Waals surface area (Å²) >= 11 is 6.83. The van der Waals surface area contributed by atoms with Crippen molar-refractivity contribution in [1.82, 2.24) is 5.32 Å². The van der Waals surface area contributed by atoms with Crippen molar-refractivity contribution in [2.24, 2.45) is 0 Å². The molecule has 2 nitrogen and oxygen atoms in total. The van der Waals surface area contributed by atoms with Crippen LogP contribution in [0.25, 0.3) is 0 Å². The Labute approximate surface area is 141 Å². The number of ether oxygens (including phenoxy) is 1. The van der Waals surface area contributed by atoms with Gasteiger partial charge < -0.3 is 10.1 Å². The monoisotopic (exact) mass is 415 g/mol. The highest BCUT2D eigenvalue weighted by Gasteiger charge is 2.10. The lowest BCUT2D eigenvalue weighted by molar-refractivity contribution is 0.411. The summed E-state index contributed by atoms with van der Waals surface area (Å²) in [5.41, 5.74) is 1.75. The van der Waals surface area contributed by atoms with Gasteiger partial charge in [0.1, 0.15) is 11.6 Å². The van der Waals surface area contributed by atoms with E-state index in [1.54, 1.807) is 19.2 Å². The molecule has 21 heavy (non-hydrogen) atoms. The van der Waals surface area contributed by atoms with Crippen LogP contribution >= 0.6 is 31.9 Å². The Morgan fingerprint density at radius 2 is 1.95 bits per heavy atom. The molecule has 2 aromatic carbocycles. The summed E-state index contributed by atoms with van der Waals surface area (Å²) in [5.74, 6) is 0.595. The van der Waals surface area contributed by atoms with E-state index < -0.39 is 0 Å². The quantitative estimate of drug-likeness (QED) is 0.722. The molecule has 0 aliphatic carbocycles. The Kier molecular flexibility index (Phi) is 5.79. The maximum absolute atomic E-state index is 13.7. The van der Waals surface area contributed by atoms with Crippen LogP contribution in [0.3, 0.4) is 0 Å². The lowest BCUT2D eigenvalue weighted by Crippen LogP contribution is -2.18. The average molecular weight is 417 g/mol. The summed E-state index contributed by atoms with van der Waals surface area (Å²) in [6.07, 6.45) is 0. The number of hydrogen-bond acceptors (Lipinski definition) is 2. The molecule has 5 heteroatoms. The molecule has 0 aliphatic rings. The molecule has 0 fully saturated rings. The van der Waals surface area contributed by atoms with Crippen LogP contribution < -0.4 is 10.1 Å². The molecular formula is C16H16Br2FNO. The van der Waals surface area contributed by atoms with E-state index in [0.717, 1.165) is 20.3 Å². The van der Waals surface area contributed by atoms with Gasteiger partial charge in [0.25, 0.3) is 0 Å². The Morgan fingerprint density at radius 1 is 1.19 bits per heavy atom. The second-order valence-electron chi connectivity index (χ2n) is 4.73. The van der Waals surface area contributed by atoms with E-state index in [2.05, 4.69) is 37.2 Å². The first-order valence-electron chi connectivity index (χ1n) is 6.52. The fourth-order valence-electron chi connectivity index (χ4n) is 2.01. The van der Waals surface area contributed by atoms with E-state index >= 15 is 0 Å². The Bertz CT molecular complexity index is 634. The van der Waals surface area contributed by atoms with Gasteiger partial charge in [0.2, 0.25) is 0 Å². The lowest BCUT2D eigenvalue weighted by atomic mass is 10.1. The topological polar surface area (TPSA) is 21.3 Å². The first kappa shape index (κ1) is 16.5. The third kappa shape index (κ3) is 4.28. The van der Waals surface area contributed by atoms with Crippen molar-refractivity contribution in [1.29, 1.82) is 0 Å². The smallest absolute Gasteiger partial charge is 0.133 e. The molecule has 1 N–H and O–H groups in total. The van der Waals surface area contributed by atoms with E-state index in [0.29, 0.717) is 12.1 Å². The summed E-state index contributed by atoms with van der Waals surface area (Å²) in [6.45, 7) is 2.51. The van der Waals surface area contributed by atoms with E-state index in [4.69, 9.17) is 4.74 Å². The molecule has 2 aromatic rings. The Hall–Kier alpha value is -0.910. The molecule has 0 aromatic heterocycles. The normalized spacial score (nSPS) is 12.2. The summed E-state index contributed by atoms with van der Waals surface area (Å²) in [7, 11) is 1.64. The zero-order valence-electron chi connectivity index (χ0n) is 11.8. The fraction of sp³-hybridized carbons (Fsp3) is 0.250. The molecule has 0 radical (unpaired) electrons. The van der Waals surface area contributed by atoms with Gasteiger partial charge in [0.15, 0.2) is 0 Å². The van der Waals surface area contributed by atoms with Gasteiger partial charge in [-0.2, -0.15) is 0 Å². The van der Waals surface area contributed by atoms with Crippen LogP contribution in [0.5, 0.6) is 5.75 Å². The summed E-state index contributed by atoms with van der Waals surface area (Å²) in [4.78, 5) is 0. The van der Waals surface area contributed by atoms with Gasteiger partial charge in [0, 0.05) is 22.6 Å². The number of nitrogens with one attached hydrogen (secondary N) is 1. The average Bonchev–Trinajstić information content (AvgIpc) is 2.47. The van der Waals surface area contributed by atoms with Crippen LogP contribution in [-0.2, 0) is 6.54 Å². The van der Waals surface area contributed by atoms with Gasteiger partial charge in [-0.25, -0.2) is 4.39 Å². The zero-order valence-corrected chi connectivity index (χ0v) is 15.0. The van der Waals surface area contributed by atoms with Gasteiger partial charge in [-0.15, -0.1) is 0 Å². The van der Waals surface area contributed by atoms with Gasteiger partial charge in [0.05, 0.1) is 11.6 Å². The number of halogens is 3. The van der Waals surface area contributed by atoms with Crippen LogP contribution in [0.4, 0.5) is 4.39 Å². The van der Waals surface area contributed by atoms with E-state index in [-0.39, 0.29) is 11.9 Å². The molecule has 0 bridgehead atoms. The molecule has 112 valence electrons. The van der Waals surface area contributed by atoms with Gasteiger partial charge in [-0.1, -0.05) is 22.0 Å². The van der Waals surface area contributed by atoms with Crippen molar-refractivity contribution < 1.29 is 9.13 Å². The minimum absolute atomic E-state index is 0.102. The molecule has 0 saturated carbocycles. The lowest BCUT2D eigenvalue weighted by Gasteiger charge is -2.16. The van der Waals surface area contributed by atoms with Gasteiger partial charge in [-0.05, 0) is 58.7 Å². The van der Waals surface area contributed by atoms with Crippen LogP contribution in [0, 0.1) is 5.82 Å². The van der Waals surface area contributed by atoms with E-state index in [1.165, 1.54) is 6.07 Å².